The van der Waals surface area contributed by atoms with Gasteiger partial charge in [0, 0.05) is 6.42 Å². The Bertz CT molecular complexity index is 1300. The van der Waals surface area contributed by atoms with E-state index < -0.39 is 49.5 Å². The Morgan fingerprint density at radius 3 is 1.22 bits per heavy atom. The number of ether oxygens (including phenoxy) is 2. The second-order valence-corrected chi connectivity index (χ2v) is 22.2. The van der Waals surface area contributed by atoms with Crippen LogP contribution < -0.4 is 5.32 Å². The van der Waals surface area contributed by atoms with Gasteiger partial charge < -0.3 is 40.3 Å². The average Bonchev–Trinajstić information content (AvgIpc) is 3.40. The molecule has 1 rings (SSSR count). The highest BCUT2D eigenvalue weighted by atomic mass is 16.7. The van der Waals surface area contributed by atoms with Crippen LogP contribution in [0.4, 0.5) is 0 Å². The molecular formula is C65H121NO8. The number of rotatable bonds is 55. The van der Waals surface area contributed by atoms with Crippen molar-refractivity contribution in [2.75, 3.05) is 13.2 Å². The van der Waals surface area contributed by atoms with Crippen LogP contribution in [-0.4, -0.2) is 87.5 Å². The highest BCUT2D eigenvalue weighted by Gasteiger charge is 2.44. The van der Waals surface area contributed by atoms with Crippen molar-refractivity contribution in [2.24, 2.45) is 0 Å². The van der Waals surface area contributed by atoms with E-state index in [1.165, 1.54) is 238 Å². The summed E-state index contributed by atoms with van der Waals surface area (Å²) in [5.41, 5.74) is 0. The van der Waals surface area contributed by atoms with E-state index in [9.17, 15) is 30.3 Å². The second kappa shape index (κ2) is 54.5. The lowest BCUT2D eigenvalue weighted by molar-refractivity contribution is -0.302. The molecule has 7 unspecified atom stereocenters. The summed E-state index contributed by atoms with van der Waals surface area (Å²) in [6, 6.07) is -0.825. The molecule has 0 aromatic carbocycles. The molecule has 434 valence electrons. The summed E-state index contributed by atoms with van der Waals surface area (Å²) in [6.07, 6.45) is 66.2. The van der Waals surface area contributed by atoms with Gasteiger partial charge in [-0.05, 0) is 64.2 Å². The van der Waals surface area contributed by atoms with Crippen LogP contribution in [0.3, 0.4) is 0 Å². The van der Waals surface area contributed by atoms with Gasteiger partial charge in [0.1, 0.15) is 24.4 Å². The van der Waals surface area contributed by atoms with Gasteiger partial charge in [0.2, 0.25) is 5.91 Å². The highest BCUT2D eigenvalue weighted by molar-refractivity contribution is 5.76. The zero-order chi connectivity index (χ0) is 53.6. The number of nitrogens with one attached hydrogen (secondary N) is 1. The first kappa shape index (κ1) is 70.2. The summed E-state index contributed by atoms with van der Waals surface area (Å²) < 4.78 is 11.3. The standard InChI is InChI=1S/C65H121NO8/c1-3-5-7-9-11-13-15-17-19-21-23-25-27-28-29-30-31-33-34-36-38-40-42-44-46-48-50-52-54-59(68)58(57-73-65-64(72)63(71)62(70)60(56-67)74-65)66-61(69)55-53-51-49-47-45-43-41-39-37-35-32-26-24-22-20-18-16-14-12-10-8-6-4-2/h16,18,22,24,44,46,52,54,58-60,62-65,67-68,70-72H,3-15,17,19-21,23,25-43,45,47-51,53,55-57H2,1-2H3,(H,66,69)/b18-16-,24-22-,46-44+,54-52+. The highest BCUT2D eigenvalue weighted by Crippen LogP contribution is 2.23. The van der Waals surface area contributed by atoms with Gasteiger partial charge in [-0.25, -0.2) is 0 Å². The van der Waals surface area contributed by atoms with Crippen LogP contribution in [0.5, 0.6) is 0 Å². The molecule has 0 saturated carbocycles. The number of carbonyl (C=O) groups is 1. The van der Waals surface area contributed by atoms with E-state index in [2.05, 4.69) is 55.6 Å². The predicted molar refractivity (Wildman–Crippen MR) is 313 cm³/mol. The maximum absolute atomic E-state index is 13.1. The number of allylic oxidation sites excluding steroid dienone is 7. The Morgan fingerprint density at radius 2 is 0.811 bits per heavy atom. The Hall–Kier alpha value is -1.85. The fraction of sp³-hybridized carbons (Fsp3) is 0.862. The summed E-state index contributed by atoms with van der Waals surface area (Å²) in [5.74, 6) is -0.186. The van der Waals surface area contributed by atoms with Crippen LogP contribution in [0.2, 0.25) is 0 Å². The lowest BCUT2D eigenvalue weighted by Crippen LogP contribution is -2.60. The molecule has 9 heteroatoms. The maximum atomic E-state index is 13.1. The zero-order valence-corrected chi connectivity index (χ0v) is 48.4. The average molecular weight is 1040 g/mol. The van der Waals surface area contributed by atoms with Gasteiger partial charge in [-0.2, -0.15) is 0 Å². The van der Waals surface area contributed by atoms with Crippen LogP contribution >= 0.6 is 0 Å². The fourth-order valence-corrected chi connectivity index (χ4v) is 10.1. The van der Waals surface area contributed by atoms with Crippen molar-refractivity contribution in [1.82, 2.24) is 5.32 Å². The van der Waals surface area contributed by atoms with E-state index in [-0.39, 0.29) is 12.5 Å². The molecule has 7 atom stereocenters. The summed E-state index contributed by atoms with van der Waals surface area (Å²) in [4.78, 5) is 13.1. The third-order valence-electron chi connectivity index (χ3n) is 15.1. The monoisotopic (exact) mass is 1040 g/mol. The summed E-state index contributed by atoms with van der Waals surface area (Å²) in [6.45, 7) is 3.79. The van der Waals surface area contributed by atoms with Crippen molar-refractivity contribution in [3.8, 4) is 0 Å². The van der Waals surface area contributed by atoms with E-state index in [1.54, 1.807) is 6.08 Å². The fourth-order valence-electron chi connectivity index (χ4n) is 10.1. The maximum Gasteiger partial charge on any atom is 0.220 e. The number of aliphatic hydroxyl groups excluding tert-OH is 5. The zero-order valence-electron chi connectivity index (χ0n) is 48.4. The minimum atomic E-state index is -1.57. The lowest BCUT2D eigenvalue weighted by Gasteiger charge is -2.40. The van der Waals surface area contributed by atoms with Gasteiger partial charge in [0.15, 0.2) is 6.29 Å². The van der Waals surface area contributed by atoms with Crippen molar-refractivity contribution in [2.45, 2.75) is 346 Å². The summed E-state index contributed by atoms with van der Waals surface area (Å²) >= 11 is 0. The van der Waals surface area contributed by atoms with Crippen molar-refractivity contribution in [1.29, 1.82) is 0 Å². The van der Waals surface area contributed by atoms with Crippen LogP contribution in [-0.2, 0) is 14.3 Å². The van der Waals surface area contributed by atoms with E-state index >= 15 is 0 Å². The third kappa shape index (κ3) is 43.2. The number of unbranched alkanes of at least 4 members (excludes halogenated alkanes) is 39. The molecule has 0 radical (unpaired) electrons. The normalized spacial score (nSPS) is 19.3. The van der Waals surface area contributed by atoms with E-state index in [0.717, 1.165) is 44.9 Å². The van der Waals surface area contributed by atoms with Gasteiger partial charge >= 0.3 is 0 Å². The largest absolute Gasteiger partial charge is 0.394 e. The van der Waals surface area contributed by atoms with Gasteiger partial charge in [-0.15, -0.1) is 0 Å². The number of carbonyl (C=O) groups excluding carboxylic acids is 1. The Morgan fingerprint density at radius 1 is 0.459 bits per heavy atom. The number of aliphatic hydroxyl groups is 5. The Balaban J connectivity index is 2.20. The first-order valence-corrected chi connectivity index (χ1v) is 31.9. The topological polar surface area (TPSA) is 149 Å². The number of amides is 1. The molecule has 9 nitrogen and oxygen atoms in total. The minimum Gasteiger partial charge on any atom is -0.394 e. The molecule has 1 saturated heterocycles. The molecule has 1 heterocycles. The van der Waals surface area contributed by atoms with Crippen LogP contribution in [0, 0.1) is 0 Å². The van der Waals surface area contributed by atoms with Gasteiger partial charge in [-0.1, -0.05) is 281 Å². The van der Waals surface area contributed by atoms with Gasteiger partial charge in [-0.3, -0.25) is 4.79 Å². The van der Waals surface area contributed by atoms with Gasteiger partial charge in [0.05, 0.1) is 25.4 Å². The smallest absolute Gasteiger partial charge is 0.220 e. The minimum absolute atomic E-state index is 0.186. The molecule has 0 aromatic heterocycles. The lowest BCUT2D eigenvalue weighted by atomic mass is 9.99. The van der Waals surface area contributed by atoms with Crippen molar-refractivity contribution >= 4 is 5.91 Å². The van der Waals surface area contributed by atoms with E-state index in [4.69, 9.17) is 9.47 Å². The predicted octanol–water partition coefficient (Wildman–Crippen LogP) is 16.5. The van der Waals surface area contributed by atoms with Crippen LogP contribution in [0.15, 0.2) is 48.6 Å². The molecule has 1 aliphatic rings. The molecule has 1 amide bonds. The van der Waals surface area contributed by atoms with Crippen molar-refractivity contribution in [3.63, 3.8) is 0 Å². The van der Waals surface area contributed by atoms with E-state index in [0.29, 0.717) is 6.42 Å². The summed E-state index contributed by atoms with van der Waals surface area (Å²) in [7, 11) is 0. The molecular weight excluding hydrogens is 923 g/mol. The molecule has 1 fully saturated rings. The first-order valence-electron chi connectivity index (χ1n) is 31.9. The molecule has 6 N–H and O–H groups in total. The number of hydrogen-bond donors (Lipinski definition) is 6. The third-order valence-corrected chi connectivity index (χ3v) is 15.1. The Labute approximate surface area is 456 Å². The molecule has 74 heavy (non-hydrogen) atoms. The van der Waals surface area contributed by atoms with Crippen molar-refractivity contribution < 1.29 is 39.8 Å². The SMILES string of the molecule is CCCCCCC/C=C\C/C=C\CCCCCCCCCCCCCC(=O)NC(COC1OC(CO)C(O)C(O)C1O)C(O)/C=C/CC/C=C/CCCCCCCCCCCCCCCCCCCCCCCC. The number of hydrogen-bond acceptors (Lipinski definition) is 8. The molecule has 0 aliphatic carbocycles. The molecule has 0 bridgehead atoms. The van der Waals surface area contributed by atoms with Crippen molar-refractivity contribution in [3.05, 3.63) is 48.6 Å². The quantitative estimate of drug-likeness (QED) is 0.0261. The molecule has 1 aliphatic heterocycles. The van der Waals surface area contributed by atoms with Gasteiger partial charge in [0.25, 0.3) is 0 Å². The molecule has 0 aromatic rings. The Kier molecular flexibility index (Phi) is 51.7. The summed E-state index contributed by atoms with van der Waals surface area (Å²) in [5, 5.41) is 54.6. The van der Waals surface area contributed by atoms with Crippen LogP contribution in [0.25, 0.3) is 0 Å². The van der Waals surface area contributed by atoms with E-state index in [1.807, 2.05) is 6.08 Å². The second-order valence-electron chi connectivity index (χ2n) is 22.2. The first-order chi connectivity index (χ1) is 36.3. The van der Waals surface area contributed by atoms with Crippen LogP contribution in [0.1, 0.15) is 303 Å². The molecule has 0 spiro atoms.